The van der Waals surface area contributed by atoms with Crippen molar-refractivity contribution in [3.8, 4) is 0 Å². The van der Waals surface area contributed by atoms with E-state index in [1.807, 2.05) is 6.20 Å². The van der Waals surface area contributed by atoms with Gasteiger partial charge in [-0.25, -0.2) is 9.97 Å². The van der Waals surface area contributed by atoms with Crippen molar-refractivity contribution < 1.29 is 0 Å². The maximum atomic E-state index is 5.11. The maximum Gasteiger partial charge on any atom is 0.381 e. The number of hydrogen-bond acceptors (Lipinski definition) is 7. The monoisotopic (exact) mass is 492 g/mol. The molecule has 1 aromatic carbocycles. The Morgan fingerprint density at radius 3 is 2.00 bits per heavy atom. The number of thiophene rings is 1. The van der Waals surface area contributed by atoms with Gasteiger partial charge in [-0.15, -0.1) is 11.3 Å². The molecule has 0 saturated carbocycles. The number of hydrogen-bond donors (Lipinski definition) is 0. The zero-order valence-electron chi connectivity index (χ0n) is 19.9. The van der Waals surface area contributed by atoms with Crippen LogP contribution >= 0.6 is 11.3 Å². The zero-order chi connectivity index (χ0) is 24.3. The normalized spacial score (nSPS) is 19.4. The van der Waals surface area contributed by atoms with Crippen LogP contribution in [0.15, 0.2) is 122 Å². The Morgan fingerprint density at radius 1 is 0.676 bits per heavy atom. The van der Waals surface area contributed by atoms with E-state index in [2.05, 4.69) is 134 Å². The van der Waals surface area contributed by atoms with Crippen LogP contribution in [0.25, 0.3) is 26.0 Å². The minimum atomic E-state index is -0.00757. The number of aromatic nitrogens is 2. The number of nitrogens with zero attached hydrogens (tertiary/aromatic N) is 6. The second kappa shape index (κ2) is 8.21. The molecule has 0 atom stereocenters. The van der Waals surface area contributed by atoms with E-state index in [1.165, 1.54) is 10.1 Å². The molecule has 0 N–H and O–H groups in total. The fraction of sp³-hybridized carbons (Fsp3) is 0. The van der Waals surface area contributed by atoms with E-state index in [9.17, 15) is 0 Å². The summed E-state index contributed by atoms with van der Waals surface area (Å²) in [6, 6.07) is 8.42. The maximum absolute atomic E-state index is 5.11. The quantitative estimate of drug-likeness (QED) is 0.472. The highest BCUT2D eigenvalue weighted by Crippen LogP contribution is 2.34. The lowest BCUT2D eigenvalue weighted by atomic mass is 9.41. The van der Waals surface area contributed by atoms with Gasteiger partial charge in [-0.3, -0.25) is 0 Å². The first kappa shape index (κ1) is 21.0. The van der Waals surface area contributed by atoms with Crippen molar-refractivity contribution in [3.05, 3.63) is 127 Å². The summed E-state index contributed by atoms with van der Waals surface area (Å²) in [7, 11) is 0. The summed E-state index contributed by atoms with van der Waals surface area (Å²) in [5.41, 5.74) is 2.96. The zero-order valence-corrected chi connectivity index (χ0v) is 20.8. The molecule has 6 nitrogen and oxygen atoms in total. The first-order valence-corrected chi connectivity index (χ1v) is 13.4. The lowest BCUT2D eigenvalue weighted by molar-refractivity contribution is 0.622. The van der Waals surface area contributed by atoms with E-state index in [-0.39, 0.29) is 27.9 Å². The summed E-state index contributed by atoms with van der Waals surface area (Å²) in [6.45, 7) is 0.246. The second-order valence-electron chi connectivity index (χ2n) is 9.57. The molecular weight excluding hydrogens is 472 g/mol. The number of benzene rings is 1. The highest BCUT2D eigenvalue weighted by molar-refractivity contribution is 7.25. The van der Waals surface area contributed by atoms with Gasteiger partial charge in [-0.2, -0.15) is 0 Å². The van der Waals surface area contributed by atoms with Crippen molar-refractivity contribution in [2.75, 3.05) is 0 Å². The Morgan fingerprint density at radius 2 is 1.30 bits per heavy atom. The average Bonchev–Trinajstić information content (AvgIpc) is 3.34. The highest BCUT2D eigenvalue weighted by Gasteiger charge is 2.49. The number of allylic oxidation sites excluding steroid dienone is 8. The molecule has 2 aromatic heterocycles. The van der Waals surface area contributed by atoms with Gasteiger partial charge in [0.2, 0.25) is 0 Å². The molecule has 1 saturated heterocycles. The Balaban J connectivity index is 1.26. The summed E-state index contributed by atoms with van der Waals surface area (Å²) in [5, 5.41) is 1.17. The molecule has 5 aliphatic rings. The van der Waals surface area contributed by atoms with Gasteiger partial charge < -0.3 is 18.9 Å². The van der Waals surface area contributed by atoms with Crippen LogP contribution in [0.4, 0.5) is 0 Å². The lowest BCUT2D eigenvalue weighted by Crippen LogP contribution is -2.73. The van der Waals surface area contributed by atoms with Gasteiger partial charge in [0, 0.05) is 10.1 Å². The summed E-state index contributed by atoms with van der Waals surface area (Å²) >= 11 is 1.70. The molecule has 1 fully saturated rings. The predicted molar refractivity (Wildman–Crippen MR) is 157 cm³/mol. The molecule has 3 aromatic rings. The summed E-state index contributed by atoms with van der Waals surface area (Å²) in [6.07, 6.45) is 25.7. The van der Waals surface area contributed by atoms with Crippen molar-refractivity contribution in [2.45, 2.75) is 0 Å². The van der Waals surface area contributed by atoms with Gasteiger partial charge >= 0.3 is 27.9 Å². The van der Waals surface area contributed by atoms with Crippen molar-refractivity contribution >= 4 is 65.3 Å². The molecule has 0 radical (unpaired) electrons. The van der Waals surface area contributed by atoms with E-state index < -0.39 is 0 Å². The van der Waals surface area contributed by atoms with Crippen LogP contribution in [-0.2, 0) is 0 Å². The third-order valence-corrected chi connectivity index (χ3v) is 8.61. The average molecular weight is 492 g/mol. The van der Waals surface area contributed by atoms with Gasteiger partial charge in [0.15, 0.2) is 0 Å². The molecule has 0 spiro atoms. The Kier molecular flexibility index (Phi) is 4.67. The molecule has 11 heteroatoms. The summed E-state index contributed by atoms with van der Waals surface area (Å²) < 4.78 is 10.9. The van der Waals surface area contributed by atoms with Crippen LogP contribution in [0.2, 0.25) is 0 Å². The molecule has 0 unspecified atom stereocenters. The number of fused-ring (bicyclic) bond motifs is 11. The van der Waals surface area contributed by atoms with Crippen molar-refractivity contribution in [2.24, 2.45) is 0 Å². The number of rotatable bonds is 1. The molecule has 172 valence electrons. The largest absolute Gasteiger partial charge is 0.423 e. The van der Waals surface area contributed by atoms with Crippen LogP contribution in [0, 0.1) is 0 Å². The van der Waals surface area contributed by atoms with Gasteiger partial charge in [0.1, 0.15) is 10.3 Å². The summed E-state index contributed by atoms with van der Waals surface area (Å²) in [4.78, 5) is 10.9. The molecule has 7 heterocycles. The van der Waals surface area contributed by atoms with E-state index in [4.69, 9.17) is 9.97 Å². The van der Waals surface area contributed by atoms with Crippen molar-refractivity contribution in [1.29, 1.82) is 0 Å². The fourth-order valence-electron chi connectivity index (χ4n) is 5.83. The first-order valence-electron chi connectivity index (χ1n) is 12.5. The highest BCUT2D eigenvalue weighted by atomic mass is 32.1. The molecule has 5 aliphatic heterocycles. The van der Waals surface area contributed by atoms with E-state index in [0.717, 1.165) is 21.6 Å². The van der Waals surface area contributed by atoms with E-state index in [1.54, 1.807) is 11.3 Å². The topological polar surface area (TPSA) is 38.7 Å². The Hall–Kier alpha value is -4.10. The minimum Gasteiger partial charge on any atom is -0.423 e. The smallest absolute Gasteiger partial charge is 0.381 e. The fourth-order valence-corrected chi connectivity index (χ4v) is 6.82. The van der Waals surface area contributed by atoms with Crippen LogP contribution in [-0.4, -0.2) is 56.8 Å². The van der Waals surface area contributed by atoms with Crippen molar-refractivity contribution in [3.63, 3.8) is 0 Å². The molecule has 8 rings (SSSR count). The Bertz CT molecular complexity index is 1640. The van der Waals surface area contributed by atoms with Crippen LogP contribution in [0.3, 0.4) is 0 Å². The van der Waals surface area contributed by atoms with Gasteiger partial charge in [-0.05, 0) is 60.7 Å². The van der Waals surface area contributed by atoms with Gasteiger partial charge in [-0.1, -0.05) is 60.3 Å². The molecular formula is C26H20B4N6S. The van der Waals surface area contributed by atoms with E-state index in [0.29, 0.717) is 0 Å². The van der Waals surface area contributed by atoms with Crippen LogP contribution < -0.4 is 0 Å². The minimum absolute atomic E-state index is 0.00757. The summed E-state index contributed by atoms with van der Waals surface area (Å²) in [5.74, 6) is 9.14. The molecule has 37 heavy (non-hydrogen) atoms. The van der Waals surface area contributed by atoms with Crippen molar-refractivity contribution in [1.82, 2.24) is 28.9 Å². The van der Waals surface area contributed by atoms with Crippen LogP contribution in [0.5, 0.6) is 0 Å². The van der Waals surface area contributed by atoms with Gasteiger partial charge in [0.25, 0.3) is 0 Å². The SMILES string of the molecule is C1=CB2N(C=C1)B1C=CC=CN1B1C=C(c3cnc4sc5ccccc5c4n3)C=CN1B1C=CC=CN21. The first-order chi connectivity index (χ1) is 18.3. The molecule has 0 amide bonds. The standard InChI is InChI=1S/C26H20B4N6S/c1-2-10-24-22(9-1)25-26(37-24)31-20-23(32-25)21-11-18-36-29-14-4-7-16-34(29)27-12-3-6-15-33(27)28-13-5-8-17-35(28)30(36)19-21/h1-20H. The second-order valence-corrected chi connectivity index (χ2v) is 10.6. The van der Waals surface area contributed by atoms with E-state index >= 15 is 0 Å². The lowest BCUT2D eigenvalue weighted by Gasteiger charge is -2.53. The molecule has 0 aliphatic carbocycles. The third-order valence-electron chi connectivity index (χ3n) is 7.54. The van der Waals surface area contributed by atoms with Crippen LogP contribution in [0.1, 0.15) is 5.69 Å². The van der Waals surface area contributed by atoms with Gasteiger partial charge in [0.05, 0.1) is 11.9 Å². The third kappa shape index (κ3) is 3.23. The predicted octanol–water partition coefficient (Wildman–Crippen LogP) is 4.34. The Labute approximate surface area is 221 Å². The molecule has 0 bridgehead atoms.